The van der Waals surface area contributed by atoms with Gasteiger partial charge in [0.2, 0.25) is 0 Å². The van der Waals surface area contributed by atoms with E-state index in [1.807, 2.05) is 30.3 Å². The van der Waals surface area contributed by atoms with Gasteiger partial charge >= 0.3 is 0 Å². The highest BCUT2D eigenvalue weighted by Crippen LogP contribution is 2.31. The summed E-state index contributed by atoms with van der Waals surface area (Å²) in [7, 11) is 0. The van der Waals surface area contributed by atoms with Gasteiger partial charge in [-0.2, -0.15) is 4.37 Å². The third-order valence-corrected chi connectivity index (χ3v) is 8.46. The van der Waals surface area contributed by atoms with Crippen LogP contribution in [-0.4, -0.2) is 39.1 Å². The predicted octanol–water partition coefficient (Wildman–Crippen LogP) is 4.82. The zero-order chi connectivity index (χ0) is 27.2. The van der Waals surface area contributed by atoms with Crippen molar-refractivity contribution in [3.05, 3.63) is 70.6 Å². The van der Waals surface area contributed by atoms with E-state index < -0.39 is 11.9 Å². The molecule has 2 aliphatic rings. The summed E-state index contributed by atoms with van der Waals surface area (Å²) in [6.07, 6.45) is 10.6. The van der Waals surface area contributed by atoms with Crippen LogP contribution in [0.3, 0.4) is 0 Å². The monoisotopic (exact) mass is 549 g/mol. The normalized spacial score (nSPS) is 17.0. The average Bonchev–Trinajstić information content (AvgIpc) is 3.72. The molecule has 2 heterocycles. The van der Waals surface area contributed by atoms with Crippen LogP contribution < -0.4 is 16.4 Å². The molecule has 3 aromatic rings. The largest absolute Gasteiger partial charge is 0.467 e. The van der Waals surface area contributed by atoms with Gasteiger partial charge in [0.25, 0.3) is 17.7 Å². The SMILES string of the molecule is Nc1c(C(=O)NC2CCCC2)nsc1C(=O)N(Cc1ccccc1)C(C(=O)NC1CCCCC1)c1ccco1. The van der Waals surface area contributed by atoms with Crippen molar-refractivity contribution < 1.29 is 18.8 Å². The summed E-state index contributed by atoms with van der Waals surface area (Å²) in [6, 6.07) is 12.0. The average molecular weight is 550 g/mol. The minimum Gasteiger partial charge on any atom is -0.467 e. The molecule has 0 aliphatic heterocycles. The molecule has 2 saturated carbocycles. The molecule has 0 saturated heterocycles. The third kappa shape index (κ3) is 6.33. The number of rotatable bonds is 9. The molecule has 1 unspecified atom stereocenters. The number of nitrogens with one attached hydrogen (secondary N) is 2. The van der Waals surface area contributed by atoms with Crippen LogP contribution in [0.4, 0.5) is 5.69 Å². The van der Waals surface area contributed by atoms with Gasteiger partial charge in [-0.05, 0) is 54.9 Å². The third-order valence-electron chi connectivity index (χ3n) is 7.61. The summed E-state index contributed by atoms with van der Waals surface area (Å²) in [4.78, 5) is 42.5. The Morgan fingerprint density at radius 3 is 2.28 bits per heavy atom. The number of carbonyl (C=O) groups is 3. The Balaban J connectivity index is 1.46. The summed E-state index contributed by atoms with van der Waals surface area (Å²) in [5.41, 5.74) is 7.30. The first-order valence-corrected chi connectivity index (χ1v) is 14.5. The van der Waals surface area contributed by atoms with Gasteiger partial charge in [-0.1, -0.05) is 62.4 Å². The van der Waals surface area contributed by atoms with Crippen molar-refractivity contribution in [2.45, 2.75) is 82.5 Å². The molecular weight excluding hydrogens is 514 g/mol. The van der Waals surface area contributed by atoms with E-state index in [4.69, 9.17) is 10.2 Å². The number of carbonyl (C=O) groups excluding carboxylic acids is 3. The molecule has 2 aliphatic carbocycles. The van der Waals surface area contributed by atoms with Gasteiger partial charge in [0.15, 0.2) is 11.7 Å². The number of anilines is 1. The van der Waals surface area contributed by atoms with Crippen LogP contribution in [0.2, 0.25) is 0 Å². The van der Waals surface area contributed by atoms with Crippen LogP contribution in [0, 0.1) is 0 Å². The molecule has 4 N–H and O–H groups in total. The van der Waals surface area contributed by atoms with Crippen molar-refractivity contribution in [1.29, 1.82) is 0 Å². The van der Waals surface area contributed by atoms with Crippen LogP contribution in [0.15, 0.2) is 53.1 Å². The second-order valence-electron chi connectivity index (χ2n) is 10.4. The number of furan rings is 1. The highest BCUT2D eigenvalue weighted by atomic mass is 32.1. The summed E-state index contributed by atoms with van der Waals surface area (Å²) in [5.74, 6) is -0.797. The van der Waals surface area contributed by atoms with Gasteiger partial charge in [-0.3, -0.25) is 14.4 Å². The van der Waals surface area contributed by atoms with E-state index in [1.54, 1.807) is 12.1 Å². The quantitative estimate of drug-likeness (QED) is 0.351. The number of hydrogen-bond donors (Lipinski definition) is 3. The molecule has 0 radical (unpaired) electrons. The maximum atomic E-state index is 14.1. The van der Waals surface area contributed by atoms with Crippen LogP contribution >= 0.6 is 11.5 Å². The maximum Gasteiger partial charge on any atom is 0.273 e. The van der Waals surface area contributed by atoms with Crippen molar-refractivity contribution >= 4 is 34.9 Å². The molecule has 2 aromatic heterocycles. The molecule has 1 aromatic carbocycles. The highest BCUT2D eigenvalue weighted by molar-refractivity contribution is 7.09. The van der Waals surface area contributed by atoms with Crippen molar-refractivity contribution in [2.24, 2.45) is 0 Å². The van der Waals surface area contributed by atoms with Gasteiger partial charge < -0.3 is 25.7 Å². The number of benzene rings is 1. The second-order valence-corrected chi connectivity index (χ2v) is 11.2. The minimum absolute atomic E-state index is 0.0319. The summed E-state index contributed by atoms with van der Waals surface area (Å²) < 4.78 is 9.96. The lowest BCUT2D eigenvalue weighted by Crippen LogP contribution is -2.46. The summed E-state index contributed by atoms with van der Waals surface area (Å²) in [6.45, 7) is 0.143. The number of amides is 3. The Labute approximate surface area is 232 Å². The maximum absolute atomic E-state index is 14.1. The molecule has 2 fully saturated rings. The van der Waals surface area contributed by atoms with Gasteiger partial charge in [0.1, 0.15) is 10.6 Å². The fourth-order valence-corrected chi connectivity index (χ4v) is 6.28. The van der Waals surface area contributed by atoms with Gasteiger partial charge in [-0.15, -0.1) is 0 Å². The molecule has 39 heavy (non-hydrogen) atoms. The van der Waals surface area contributed by atoms with E-state index >= 15 is 0 Å². The predicted molar refractivity (Wildman–Crippen MR) is 149 cm³/mol. The van der Waals surface area contributed by atoms with Crippen molar-refractivity contribution in [3.63, 3.8) is 0 Å². The molecule has 3 amide bonds. The smallest absolute Gasteiger partial charge is 0.273 e. The van der Waals surface area contributed by atoms with Crippen LogP contribution in [0.25, 0.3) is 0 Å². The number of aromatic nitrogens is 1. The lowest BCUT2D eigenvalue weighted by molar-refractivity contribution is -0.127. The number of nitrogens with zero attached hydrogens (tertiary/aromatic N) is 2. The molecule has 0 spiro atoms. The van der Waals surface area contributed by atoms with Gasteiger partial charge in [-0.25, -0.2) is 0 Å². The van der Waals surface area contributed by atoms with E-state index in [9.17, 15) is 14.4 Å². The Morgan fingerprint density at radius 2 is 1.62 bits per heavy atom. The first kappa shape index (κ1) is 26.9. The van der Waals surface area contributed by atoms with Crippen LogP contribution in [0.1, 0.15) is 95.3 Å². The van der Waals surface area contributed by atoms with E-state index in [2.05, 4.69) is 15.0 Å². The molecule has 206 valence electrons. The van der Waals surface area contributed by atoms with Crippen LogP contribution in [-0.2, 0) is 11.3 Å². The van der Waals surface area contributed by atoms with E-state index in [0.29, 0.717) is 5.76 Å². The van der Waals surface area contributed by atoms with Crippen LogP contribution in [0.5, 0.6) is 0 Å². The zero-order valence-electron chi connectivity index (χ0n) is 21.9. The Morgan fingerprint density at radius 1 is 0.949 bits per heavy atom. The second kappa shape index (κ2) is 12.5. The first-order chi connectivity index (χ1) is 19.0. The molecule has 9 nitrogen and oxygen atoms in total. The standard InChI is InChI=1S/C29H35N5O4S/c30-23-24(27(35)31-20-14-7-8-15-20)33-39-26(23)29(37)34(18-19-10-3-1-4-11-19)25(22-16-9-17-38-22)28(36)32-21-12-5-2-6-13-21/h1,3-4,9-11,16-17,20-21,25H,2,5-8,12-15,18,30H2,(H,31,35)(H,32,36). The number of nitrogen functional groups attached to an aromatic ring is 1. The molecule has 0 bridgehead atoms. The Bertz CT molecular complexity index is 1260. The van der Waals surface area contributed by atoms with E-state index in [-0.39, 0.29) is 46.7 Å². The van der Waals surface area contributed by atoms with E-state index in [1.165, 1.54) is 11.2 Å². The van der Waals surface area contributed by atoms with Gasteiger partial charge in [0.05, 0.1) is 12.0 Å². The van der Waals surface area contributed by atoms with Crippen molar-refractivity contribution in [3.8, 4) is 0 Å². The fourth-order valence-electron chi connectivity index (χ4n) is 5.53. The number of hydrogen-bond acceptors (Lipinski definition) is 7. The lowest BCUT2D eigenvalue weighted by Gasteiger charge is -2.32. The number of nitrogens with two attached hydrogens (primary N) is 1. The summed E-state index contributed by atoms with van der Waals surface area (Å²) >= 11 is 0.882. The molecule has 10 heteroatoms. The first-order valence-electron chi connectivity index (χ1n) is 13.8. The van der Waals surface area contributed by atoms with Crippen molar-refractivity contribution in [1.82, 2.24) is 19.9 Å². The highest BCUT2D eigenvalue weighted by Gasteiger charge is 2.37. The zero-order valence-corrected chi connectivity index (χ0v) is 22.8. The topological polar surface area (TPSA) is 131 Å². The molecule has 5 rings (SSSR count). The van der Waals surface area contributed by atoms with Gasteiger partial charge in [0, 0.05) is 18.6 Å². The van der Waals surface area contributed by atoms with E-state index in [0.717, 1.165) is 74.9 Å². The minimum atomic E-state index is -1.02. The fraction of sp³-hybridized carbons (Fsp3) is 0.448. The van der Waals surface area contributed by atoms with Crippen molar-refractivity contribution in [2.75, 3.05) is 5.73 Å². The molecule has 1 atom stereocenters. The Hall–Kier alpha value is -3.66. The Kier molecular flexibility index (Phi) is 8.61. The summed E-state index contributed by atoms with van der Waals surface area (Å²) in [5, 5.41) is 6.15. The molecular formula is C29H35N5O4S. The lowest BCUT2D eigenvalue weighted by atomic mass is 9.95.